The van der Waals surface area contributed by atoms with Gasteiger partial charge < -0.3 is 10.1 Å². The van der Waals surface area contributed by atoms with E-state index in [1.807, 2.05) is 37.3 Å². The summed E-state index contributed by atoms with van der Waals surface area (Å²) in [6.45, 7) is 7.13. The van der Waals surface area contributed by atoms with E-state index in [0.717, 1.165) is 5.56 Å². The first kappa shape index (κ1) is 25.6. The summed E-state index contributed by atoms with van der Waals surface area (Å²) in [6.07, 6.45) is 0. The van der Waals surface area contributed by atoms with E-state index in [0.29, 0.717) is 28.1 Å². The van der Waals surface area contributed by atoms with Gasteiger partial charge in [-0.15, -0.1) is 0 Å². The highest BCUT2D eigenvalue weighted by atomic mass is 35.5. The van der Waals surface area contributed by atoms with Crippen LogP contribution < -0.4 is 10.9 Å². The number of carbonyl (C=O) groups is 1. The Morgan fingerprint density at radius 1 is 1.03 bits per heavy atom. The standard InChI is InChI=1S/C26H25Cl2N5O3/c1-14(29-17-11-12-18(27)30-22(17)25(35)36-26(2,3)4)20-21-16(13-19(28)31-20)24(34)33(5)23(32-21)15-9-7-6-8-10-15/h6-14,29H,1-5H3/t14-/m1/s1. The fourth-order valence-corrected chi connectivity index (χ4v) is 4.09. The maximum Gasteiger partial charge on any atom is 0.359 e. The number of hydrogen-bond acceptors (Lipinski definition) is 7. The number of hydrogen-bond donors (Lipinski definition) is 1. The molecule has 3 heterocycles. The second-order valence-electron chi connectivity index (χ2n) is 9.29. The lowest BCUT2D eigenvalue weighted by Crippen LogP contribution is -2.25. The van der Waals surface area contributed by atoms with Crippen LogP contribution in [0.15, 0.2) is 53.3 Å². The third kappa shape index (κ3) is 5.34. The zero-order valence-corrected chi connectivity index (χ0v) is 22.0. The van der Waals surface area contributed by atoms with Gasteiger partial charge in [-0.3, -0.25) is 9.36 Å². The third-order valence-corrected chi connectivity index (χ3v) is 5.73. The number of pyridine rings is 2. The predicted molar refractivity (Wildman–Crippen MR) is 142 cm³/mol. The molecule has 0 spiro atoms. The molecule has 0 aliphatic rings. The number of aromatic nitrogens is 4. The summed E-state index contributed by atoms with van der Waals surface area (Å²) in [5, 5.41) is 3.88. The second kappa shape index (κ2) is 9.87. The Bertz CT molecular complexity index is 1510. The maximum absolute atomic E-state index is 13.3. The highest BCUT2D eigenvalue weighted by Gasteiger charge is 2.25. The van der Waals surface area contributed by atoms with E-state index < -0.39 is 17.6 Å². The van der Waals surface area contributed by atoms with E-state index in [1.54, 1.807) is 40.0 Å². The molecular weight excluding hydrogens is 501 g/mol. The Morgan fingerprint density at radius 2 is 1.72 bits per heavy atom. The molecule has 1 atom stereocenters. The van der Waals surface area contributed by atoms with Gasteiger partial charge in [0.1, 0.15) is 27.2 Å². The van der Waals surface area contributed by atoms with Gasteiger partial charge in [-0.2, -0.15) is 0 Å². The van der Waals surface area contributed by atoms with Gasteiger partial charge in [0, 0.05) is 12.6 Å². The van der Waals surface area contributed by atoms with E-state index in [2.05, 4.69) is 15.3 Å². The number of rotatable bonds is 5. The lowest BCUT2D eigenvalue weighted by Gasteiger charge is -2.22. The number of esters is 1. The van der Waals surface area contributed by atoms with Gasteiger partial charge in [-0.05, 0) is 45.9 Å². The number of ether oxygens (including phenoxy) is 1. The third-order valence-electron chi connectivity index (χ3n) is 5.33. The molecule has 4 rings (SSSR count). The molecular formula is C26H25Cl2N5O3. The first-order chi connectivity index (χ1) is 16.9. The van der Waals surface area contributed by atoms with Crippen molar-refractivity contribution < 1.29 is 9.53 Å². The van der Waals surface area contributed by atoms with Crippen LogP contribution in [-0.4, -0.2) is 31.1 Å². The number of nitrogens with one attached hydrogen (secondary N) is 1. The molecule has 0 saturated carbocycles. The summed E-state index contributed by atoms with van der Waals surface area (Å²) in [6, 6.07) is 13.6. The van der Waals surface area contributed by atoms with Gasteiger partial charge in [0.15, 0.2) is 5.69 Å². The van der Waals surface area contributed by atoms with Crippen LogP contribution in [0, 0.1) is 0 Å². The van der Waals surface area contributed by atoms with Crippen molar-refractivity contribution >= 4 is 45.8 Å². The van der Waals surface area contributed by atoms with Gasteiger partial charge in [-0.25, -0.2) is 19.7 Å². The van der Waals surface area contributed by atoms with Crippen LogP contribution in [0.1, 0.15) is 49.9 Å². The summed E-state index contributed by atoms with van der Waals surface area (Å²) in [5.74, 6) is -0.129. The summed E-state index contributed by atoms with van der Waals surface area (Å²) in [7, 11) is 1.67. The van der Waals surface area contributed by atoms with Crippen molar-refractivity contribution in [2.75, 3.05) is 5.32 Å². The molecule has 0 radical (unpaired) electrons. The minimum Gasteiger partial charge on any atom is -0.455 e. The molecule has 186 valence electrons. The van der Waals surface area contributed by atoms with Crippen LogP contribution in [0.2, 0.25) is 10.3 Å². The molecule has 4 aromatic rings. The minimum absolute atomic E-state index is 0.0319. The predicted octanol–water partition coefficient (Wildman–Crippen LogP) is 5.83. The molecule has 1 aromatic carbocycles. The Labute approximate surface area is 218 Å². The van der Waals surface area contributed by atoms with E-state index >= 15 is 0 Å². The summed E-state index contributed by atoms with van der Waals surface area (Å²) in [5.41, 5.74) is 1.09. The number of halogens is 2. The molecule has 10 heteroatoms. The van der Waals surface area contributed by atoms with Crippen molar-refractivity contribution in [3.8, 4) is 11.4 Å². The number of nitrogens with zero attached hydrogens (tertiary/aromatic N) is 4. The fourth-order valence-electron chi connectivity index (χ4n) is 3.75. The van der Waals surface area contributed by atoms with Crippen LogP contribution in [0.5, 0.6) is 0 Å². The molecule has 0 bridgehead atoms. The monoisotopic (exact) mass is 525 g/mol. The van der Waals surface area contributed by atoms with Crippen LogP contribution in [0.3, 0.4) is 0 Å². The van der Waals surface area contributed by atoms with Crippen molar-refractivity contribution in [3.63, 3.8) is 0 Å². The topological polar surface area (TPSA) is 99.0 Å². The van der Waals surface area contributed by atoms with Crippen molar-refractivity contribution in [2.45, 2.75) is 39.3 Å². The van der Waals surface area contributed by atoms with Gasteiger partial charge in [-0.1, -0.05) is 53.5 Å². The van der Waals surface area contributed by atoms with Crippen LogP contribution in [0.25, 0.3) is 22.3 Å². The first-order valence-corrected chi connectivity index (χ1v) is 12.0. The molecule has 0 fully saturated rings. The highest BCUT2D eigenvalue weighted by Crippen LogP contribution is 2.29. The van der Waals surface area contributed by atoms with Crippen LogP contribution in [-0.2, 0) is 11.8 Å². The van der Waals surface area contributed by atoms with Crippen molar-refractivity contribution in [3.05, 3.63) is 80.6 Å². The average molecular weight is 526 g/mol. The van der Waals surface area contributed by atoms with Crippen LogP contribution in [0.4, 0.5) is 5.69 Å². The number of carbonyl (C=O) groups excluding carboxylic acids is 1. The summed E-state index contributed by atoms with van der Waals surface area (Å²) < 4.78 is 6.98. The Morgan fingerprint density at radius 3 is 2.39 bits per heavy atom. The molecule has 36 heavy (non-hydrogen) atoms. The molecule has 0 unspecified atom stereocenters. The second-order valence-corrected chi connectivity index (χ2v) is 10.1. The van der Waals surface area contributed by atoms with E-state index in [4.69, 9.17) is 32.9 Å². The minimum atomic E-state index is -0.716. The van der Waals surface area contributed by atoms with E-state index in [9.17, 15) is 9.59 Å². The maximum atomic E-state index is 13.3. The van der Waals surface area contributed by atoms with E-state index in [1.165, 1.54) is 10.6 Å². The molecule has 0 aliphatic heterocycles. The lowest BCUT2D eigenvalue weighted by molar-refractivity contribution is 0.00640. The molecule has 3 aromatic heterocycles. The molecule has 0 amide bonds. The zero-order chi connectivity index (χ0) is 26.2. The Balaban J connectivity index is 1.82. The highest BCUT2D eigenvalue weighted by molar-refractivity contribution is 6.30. The normalized spacial score (nSPS) is 12.4. The Kier molecular flexibility index (Phi) is 7.02. The van der Waals surface area contributed by atoms with Gasteiger partial charge in [0.25, 0.3) is 5.56 Å². The first-order valence-electron chi connectivity index (χ1n) is 11.2. The van der Waals surface area contributed by atoms with Gasteiger partial charge in [0.05, 0.1) is 22.8 Å². The van der Waals surface area contributed by atoms with E-state index in [-0.39, 0.29) is 21.6 Å². The molecule has 1 N–H and O–H groups in total. The number of anilines is 1. The molecule has 0 saturated heterocycles. The quantitative estimate of drug-likeness (QED) is 0.258. The van der Waals surface area contributed by atoms with Gasteiger partial charge in [0.2, 0.25) is 0 Å². The lowest BCUT2D eigenvalue weighted by atomic mass is 10.1. The Hall–Kier alpha value is -3.49. The molecule has 8 nitrogen and oxygen atoms in total. The summed E-state index contributed by atoms with van der Waals surface area (Å²) in [4.78, 5) is 39.5. The number of fused-ring (bicyclic) bond motifs is 1. The largest absolute Gasteiger partial charge is 0.455 e. The summed E-state index contributed by atoms with van der Waals surface area (Å²) >= 11 is 12.4. The number of benzene rings is 1. The van der Waals surface area contributed by atoms with Crippen molar-refractivity contribution in [2.24, 2.45) is 7.05 Å². The molecule has 0 aliphatic carbocycles. The van der Waals surface area contributed by atoms with Crippen LogP contribution >= 0.6 is 23.2 Å². The van der Waals surface area contributed by atoms with Crippen molar-refractivity contribution in [1.29, 1.82) is 0 Å². The SMILES string of the molecule is C[C@@H](Nc1ccc(Cl)nc1C(=O)OC(C)(C)C)c1nc(Cl)cc2c(=O)n(C)c(-c3ccccc3)nc12. The van der Waals surface area contributed by atoms with Crippen molar-refractivity contribution in [1.82, 2.24) is 19.5 Å². The smallest absolute Gasteiger partial charge is 0.359 e. The average Bonchev–Trinajstić information content (AvgIpc) is 2.81. The zero-order valence-electron chi connectivity index (χ0n) is 20.5. The fraction of sp³-hybridized carbons (Fsp3) is 0.269. The van der Waals surface area contributed by atoms with Gasteiger partial charge >= 0.3 is 5.97 Å².